The summed E-state index contributed by atoms with van der Waals surface area (Å²) in [5.74, 6) is 0. The molecule has 1 N–H and O–H groups in total. The summed E-state index contributed by atoms with van der Waals surface area (Å²) in [4.78, 5) is 2.90. The summed E-state index contributed by atoms with van der Waals surface area (Å²) in [7, 11) is 0. The van der Waals surface area contributed by atoms with E-state index in [4.69, 9.17) is 0 Å². The van der Waals surface area contributed by atoms with Crippen molar-refractivity contribution in [3.05, 3.63) is 0 Å². The van der Waals surface area contributed by atoms with Crippen molar-refractivity contribution in [3.8, 4) is 0 Å². The summed E-state index contributed by atoms with van der Waals surface area (Å²) in [6, 6.07) is 2.59. The van der Waals surface area contributed by atoms with Gasteiger partial charge >= 0.3 is 0 Å². The van der Waals surface area contributed by atoms with Crippen molar-refractivity contribution in [3.63, 3.8) is 0 Å². The molecule has 0 amide bonds. The average Bonchev–Trinajstić information content (AvgIpc) is 2.48. The van der Waals surface area contributed by atoms with Crippen molar-refractivity contribution < 1.29 is 0 Å². The van der Waals surface area contributed by atoms with E-state index in [1.165, 1.54) is 90.1 Å². The van der Waals surface area contributed by atoms with Crippen molar-refractivity contribution in [2.45, 2.75) is 109 Å². The lowest BCUT2D eigenvalue weighted by atomic mass is 9.81. The van der Waals surface area contributed by atoms with Gasteiger partial charge in [-0.15, -0.1) is 0 Å². The Morgan fingerprint density at radius 2 is 1.52 bits per heavy atom. The predicted octanol–water partition coefficient (Wildman–Crippen LogP) is 4.73. The molecule has 2 heterocycles. The van der Waals surface area contributed by atoms with E-state index in [0.29, 0.717) is 0 Å². The van der Waals surface area contributed by atoms with Crippen LogP contribution in [-0.4, -0.2) is 36.1 Å². The van der Waals surface area contributed by atoms with Crippen LogP contribution in [-0.2, 0) is 0 Å². The number of fused-ring (bicyclic) bond motifs is 2. The maximum atomic E-state index is 3.78. The summed E-state index contributed by atoms with van der Waals surface area (Å²) in [6.45, 7) is 7.17. The first-order valence-electron chi connectivity index (χ1n) is 9.84. The molecule has 2 saturated heterocycles. The summed E-state index contributed by atoms with van der Waals surface area (Å²) in [5, 5.41) is 3.78. The van der Waals surface area contributed by atoms with Gasteiger partial charge < -0.3 is 5.32 Å². The maximum absolute atomic E-state index is 3.78. The smallest absolute Gasteiger partial charge is 0.0113 e. The Labute approximate surface area is 133 Å². The van der Waals surface area contributed by atoms with Gasteiger partial charge in [0.05, 0.1) is 0 Å². The Morgan fingerprint density at radius 1 is 0.857 bits per heavy atom. The monoisotopic (exact) mass is 294 g/mol. The standard InChI is InChI=1S/C19H38N2/c1-3-5-6-7-8-9-14-21-18-11-10-12-19(21)16-17(15-18)20-13-4-2/h17-20H,3-16H2,1-2H3. The second-order valence-corrected chi connectivity index (χ2v) is 7.37. The van der Waals surface area contributed by atoms with Crippen LogP contribution in [0.4, 0.5) is 0 Å². The highest BCUT2D eigenvalue weighted by Gasteiger charge is 2.37. The minimum absolute atomic E-state index is 0.807. The number of hydrogen-bond donors (Lipinski definition) is 1. The minimum Gasteiger partial charge on any atom is -0.314 e. The van der Waals surface area contributed by atoms with Gasteiger partial charge in [0.2, 0.25) is 0 Å². The first-order valence-corrected chi connectivity index (χ1v) is 9.84. The third kappa shape index (κ3) is 5.56. The van der Waals surface area contributed by atoms with Crippen LogP contribution in [0.3, 0.4) is 0 Å². The number of unbranched alkanes of at least 4 members (excludes halogenated alkanes) is 5. The lowest BCUT2D eigenvalue weighted by molar-refractivity contribution is 0.0233. The van der Waals surface area contributed by atoms with Gasteiger partial charge in [0.15, 0.2) is 0 Å². The zero-order chi connectivity index (χ0) is 14.9. The van der Waals surface area contributed by atoms with Gasteiger partial charge in [-0.1, -0.05) is 52.4 Å². The molecule has 0 saturated carbocycles. The highest BCUT2D eigenvalue weighted by Crippen LogP contribution is 2.34. The van der Waals surface area contributed by atoms with Gasteiger partial charge in [0.25, 0.3) is 0 Å². The van der Waals surface area contributed by atoms with Crippen molar-refractivity contribution in [1.82, 2.24) is 10.2 Å². The van der Waals surface area contributed by atoms with Crippen molar-refractivity contribution in [1.29, 1.82) is 0 Å². The normalized spacial score (nSPS) is 29.7. The predicted molar refractivity (Wildman–Crippen MR) is 92.8 cm³/mol. The molecular weight excluding hydrogens is 256 g/mol. The van der Waals surface area contributed by atoms with E-state index in [9.17, 15) is 0 Å². The first kappa shape index (κ1) is 17.3. The summed E-state index contributed by atoms with van der Waals surface area (Å²) in [6.07, 6.45) is 17.1. The van der Waals surface area contributed by atoms with Gasteiger partial charge in [-0.05, 0) is 51.6 Å². The Kier molecular flexibility index (Phi) is 8.10. The zero-order valence-electron chi connectivity index (χ0n) is 14.6. The highest BCUT2D eigenvalue weighted by atomic mass is 15.2. The topological polar surface area (TPSA) is 15.3 Å². The molecule has 2 rings (SSSR count). The van der Waals surface area contributed by atoms with Crippen molar-refractivity contribution in [2.24, 2.45) is 0 Å². The van der Waals surface area contributed by atoms with E-state index in [1.807, 2.05) is 0 Å². The van der Waals surface area contributed by atoms with E-state index in [2.05, 4.69) is 24.1 Å². The van der Waals surface area contributed by atoms with Gasteiger partial charge in [-0.25, -0.2) is 0 Å². The summed E-state index contributed by atoms with van der Waals surface area (Å²) < 4.78 is 0. The quantitative estimate of drug-likeness (QED) is 0.586. The Morgan fingerprint density at radius 3 is 2.19 bits per heavy atom. The Hall–Kier alpha value is -0.0800. The molecule has 124 valence electrons. The fraction of sp³-hybridized carbons (Fsp3) is 1.00. The lowest BCUT2D eigenvalue weighted by Gasteiger charge is -2.49. The average molecular weight is 295 g/mol. The molecule has 2 aliphatic heterocycles. The molecule has 2 bridgehead atoms. The molecule has 0 aliphatic carbocycles. The molecule has 2 aliphatic rings. The molecule has 2 fully saturated rings. The lowest BCUT2D eigenvalue weighted by Crippen LogP contribution is -2.56. The molecule has 21 heavy (non-hydrogen) atoms. The maximum Gasteiger partial charge on any atom is 0.0113 e. The molecule has 0 aromatic heterocycles. The fourth-order valence-electron chi connectivity index (χ4n) is 4.43. The molecular formula is C19H38N2. The minimum atomic E-state index is 0.807. The van der Waals surface area contributed by atoms with Crippen molar-refractivity contribution in [2.75, 3.05) is 13.1 Å². The van der Waals surface area contributed by atoms with Crippen molar-refractivity contribution >= 4 is 0 Å². The van der Waals surface area contributed by atoms with Crippen LogP contribution >= 0.6 is 0 Å². The van der Waals surface area contributed by atoms with E-state index in [0.717, 1.165) is 18.1 Å². The van der Waals surface area contributed by atoms with Crippen LogP contribution in [0.5, 0.6) is 0 Å². The van der Waals surface area contributed by atoms with Gasteiger partial charge in [0, 0.05) is 18.1 Å². The molecule has 0 aromatic rings. The highest BCUT2D eigenvalue weighted by molar-refractivity contribution is 4.94. The largest absolute Gasteiger partial charge is 0.314 e. The SMILES string of the molecule is CCCCCCCCN1C2CCCC1CC(NCCC)C2. The van der Waals surface area contributed by atoms with Gasteiger partial charge in [0.1, 0.15) is 0 Å². The third-order valence-corrected chi connectivity index (χ3v) is 5.58. The zero-order valence-corrected chi connectivity index (χ0v) is 14.6. The fourth-order valence-corrected chi connectivity index (χ4v) is 4.43. The summed E-state index contributed by atoms with van der Waals surface area (Å²) >= 11 is 0. The molecule has 2 heteroatoms. The molecule has 2 unspecified atom stereocenters. The van der Waals surface area contributed by atoms with E-state index < -0.39 is 0 Å². The molecule has 2 atom stereocenters. The van der Waals surface area contributed by atoms with Crippen LogP contribution in [0.2, 0.25) is 0 Å². The molecule has 0 radical (unpaired) electrons. The molecule has 0 spiro atoms. The second kappa shape index (κ2) is 9.84. The van der Waals surface area contributed by atoms with Crippen LogP contribution in [0.25, 0.3) is 0 Å². The van der Waals surface area contributed by atoms with E-state index in [1.54, 1.807) is 0 Å². The van der Waals surface area contributed by atoms with E-state index in [-0.39, 0.29) is 0 Å². The van der Waals surface area contributed by atoms with Gasteiger partial charge in [-0.3, -0.25) is 4.90 Å². The second-order valence-electron chi connectivity index (χ2n) is 7.37. The third-order valence-electron chi connectivity index (χ3n) is 5.58. The number of rotatable bonds is 10. The Bertz CT molecular complexity index is 252. The molecule has 2 nitrogen and oxygen atoms in total. The van der Waals surface area contributed by atoms with Crippen LogP contribution in [0.1, 0.15) is 90.9 Å². The van der Waals surface area contributed by atoms with Crippen LogP contribution in [0, 0.1) is 0 Å². The number of hydrogen-bond acceptors (Lipinski definition) is 2. The number of nitrogens with zero attached hydrogens (tertiary/aromatic N) is 1. The Balaban J connectivity index is 1.68. The van der Waals surface area contributed by atoms with Gasteiger partial charge in [-0.2, -0.15) is 0 Å². The molecule has 0 aromatic carbocycles. The van der Waals surface area contributed by atoms with E-state index >= 15 is 0 Å². The van der Waals surface area contributed by atoms with Crippen LogP contribution in [0.15, 0.2) is 0 Å². The summed E-state index contributed by atoms with van der Waals surface area (Å²) in [5.41, 5.74) is 0. The first-order chi connectivity index (χ1) is 10.3. The number of nitrogens with one attached hydrogen (secondary N) is 1. The number of piperidine rings is 2. The van der Waals surface area contributed by atoms with Crippen LogP contribution < -0.4 is 5.32 Å².